The molecule has 3 aromatic rings. The molecule has 0 aliphatic rings. The zero-order chi connectivity index (χ0) is 19.6. The van der Waals surface area contributed by atoms with Crippen LogP contribution < -0.4 is 10.2 Å². The number of para-hydroxylation sites is 1. The fourth-order valence-electron chi connectivity index (χ4n) is 2.66. The highest BCUT2D eigenvalue weighted by Gasteiger charge is 2.27. The van der Waals surface area contributed by atoms with E-state index >= 15 is 0 Å². The molecule has 27 heavy (non-hydrogen) atoms. The monoisotopic (exact) mass is 375 g/mol. The van der Waals surface area contributed by atoms with Crippen LogP contribution in [0.15, 0.2) is 42.6 Å². The summed E-state index contributed by atoms with van der Waals surface area (Å²) in [6.07, 6.45) is 1.49. The number of amides is 1. The Balaban J connectivity index is 1.90. The van der Waals surface area contributed by atoms with Gasteiger partial charge in [-0.3, -0.25) is 4.79 Å². The van der Waals surface area contributed by atoms with Gasteiger partial charge < -0.3 is 20.3 Å². The predicted molar refractivity (Wildman–Crippen MR) is 94.7 cm³/mol. The van der Waals surface area contributed by atoms with Crippen LogP contribution in [0.3, 0.4) is 0 Å². The SMILES string of the molecule is CCN(CC(=O)Nc1c(F)cccc1F)c1nc2ccccn2c1[N+](=O)[O-]. The molecule has 1 amide bonds. The molecule has 0 saturated heterocycles. The van der Waals surface area contributed by atoms with Crippen molar-refractivity contribution in [3.05, 3.63) is 64.3 Å². The molecule has 8 nitrogen and oxygen atoms in total. The van der Waals surface area contributed by atoms with E-state index in [2.05, 4.69) is 10.3 Å². The summed E-state index contributed by atoms with van der Waals surface area (Å²) < 4.78 is 28.7. The van der Waals surface area contributed by atoms with Crippen LogP contribution in [-0.2, 0) is 4.79 Å². The van der Waals surface area contributed by atoms with E-state index in [1.807, 2.05) is 0 Å². The molecule has 0 saturated carbocycles. The van der Waals surface area contributed by atoms with E-state index in [9.17, 15) is 23.7 Å². The highest BCUT2D eigenvalue weighted by molar-refractivity contribution is 5.94. The Bertz CT molecular complexity index is 1000. The van der Waals surface area contributed by atoms with Crippen molar-refractivity contribution in [2.45, 2.75) is 6.92 Å². The second-order valence-corrected chi connectivity index (χ2v) is 5.60. The summed E-state index contributed by atoms with van der Waals surface area (Å²) in [6.45, 7) is 1.54. The number of anilines is 2. The minimum absolute atomic E-state index is 0.00199. The largest absolute Gasteiger partial charge is 0.372 e. The molecule has 0 atom stereocenters. The summed E-state index contributed by atoms with van der Waals surface area (Å²) in [5.74, 6) is -2.85. The van der Waals surface area contributed by atoms with Crippen LogP contribution >= 0.6 is 0 Å². The molecule has 3 rings (SSSR count). The molecule has 0 aliphatic carbocycles. The van der Waals surface area contributed by atoms with Crippen molar-refractivity contribution >= 4 is 28.9 Å². The molecular weight excluding hydrogens is 360 g/mol. The average Bonchev–Trinajstić information content (AvgIpc) is 3.02. The van der Waals surface area contributed by atoms with Crippen molar-refractivity contribution in [1.29, 1.82) is 0 Å². The Labute approximate surface area is 152 Å². The van der Waals surface area contributed by atoms with Gasteiger partial charge in [-0.05, 0) is 30.0 Å². The number of aromatic nitrogens is 2. The summed E-state index contributed by atoms with van der Waals surface area (Å²) in [7, 11) is 0. The number of carbonyl (C=O) groups excluding carboxylic acids is 1. The van der Waals surface area contributed by atoms with Crippen molar-refractivity contribution in [3.8, 4) is 0 Å². The third kappa shape index (κ3) is 3.54. The van der Waals surface area contributed by atoms with E-state index in [1.54, 1.807) is 25.1 Å². The van der Waals surface area contributed by atoms with Crippen LogP contribution in [0, 0.1) is 21.7 Å². The molecule has 0 spiro atoms. The maximum absolute atomic E-state index is 13.7. The second-order valence-electron chi connectivity index (χ2n) is 5.60. The number of pyridine rings is 1. The Morgan fingerprint density at radius 1 is 1.26 bits per heavy atom. The van der Waals surface area contributed by atoms with E-state index in [0.29, 0.717) is 5.65 Å². The lowest BCUT2D eigenvalue weighted by molar-refractivity contribution is -0.389. The number of benzene rings is 1. The number of nitrogens with zero attached hydrogens (tertiary/aromatic N) is 4. The molecule has 0 fully saturated rings. The van der Waals surface area contributed by atoms with Gasteiger partial charge in [0.05, 0.1) is 12.7 Å². The molecule has 0 aliphatic heterocycles. The maximum atomic E-state index is 13.7. The molecule has 140 valence electrons. The first-order valence-corrected chi connectivity index (χ1v) is 8.02. The lowest BCUT2D eigenvalue weighted by Gasteiger charge is -2.19. The van der Waals surface area contributed by atoms with Crippen LogP contribution in [0.5, 0.6) is 0 Å². The molecule has 10 heteroatoms. The summed E-state index contributed by atoms with van der Waals surface area (Å²) in [5.41, 5.74) is -0.221. The van der Waals surface area contributed by atoms with Gasteiger partial charge in [-0.25, -0.2) is 8.78 Å². The predicted octanol–water partition coefficient (Wildman–Crippen LogP) is 2.99. The summed E-state index contributed by atoms with van der Waals surface area (Å²) in [5, 5.41) is 13.7. The molecule has 1 N–H and O–H groups in total. The fourth-order valence-corrected chi connectivity index (χ4v) is 2.66. The average molecular weight is 375 g/mol. The first-order valence-electron chi connectivity index (χ1n) is 8.02. The number of hydrogen-bond donors (Lipinski definition) is 1. The smallest absolute Gasteiger partial charge is 0.358 e. The van der Waals surface area contributed by atoms with Crippen molar-refractivity contribution in [1.82, 2.24) is 9.38 Å². The first-order chi connectivity index (χ1) is 12.9. The number of hydrogen-bond acceptors (Lipinski definition) is 5. The molecule has 1 aromatic carbocycles. The second kappa shape index (κ2) is 7.36. The van der Waals surface area contributed by atoms with Crippen LogP contribution in [-0.4, -0.2) is 33.3 Å². The quantitative estimate of drug-likeness (QED) is 0.528. The van der Waals surface area contributed by atoms with Gasteiger partial charge in [-0.1, -0.05) is 12.1 Å². The molecular formula is C17H15F2N5O3. The van der Waals surface area contributed by atoms with Crippen molar-refractivity contribution in [3.63, 3.8) is 0 Å². The third-order valence-electron chi connectivity index (χ3n) is 3.90. The number of likely N-dealkylation sites (N-methyl/N-ethyl adjacent to an activating group) is 1. The minimum Gasteiger partial charge on any atom is -0.358 e. The lowest BCUT2D eigenvalue weighted by Crippen LogP contribution is -2.34. The number of rotatable bonds is 6. The summed E-state index contributed by atoms with van der Waals surface area (Å²) in [4.78, 5) is 28.8. The van der Waals surface area contributed by atoms with Crippen molar-refractivity contribution < 1.29 is 18.5 Å². The number of carbonyl (C=O) groups is 1. The lowest BCUT2D eigenvalue weighted by atomic mass is 10.3. The van der Waals surface area contributed by atoms with E-state index in [0.717, 1.165) is 12.1 Å². The normalized spacial score (nSPS) is 10.8. The minimum atomic E-state index is -0.912. The number of nitro groups is 1. The van der Waals surface area contributed by atoms with Crippen molar-refractivity contribution in [2.75, 3.05) is 23.3 Å². The van der Waals surface area contributed by atoms with Crippen LogP contribution in [0.1, 0.15) is 6.92 Å². The van der Waals surface area contributed by atoms with Gasteiger partial charge in [0.25, 0.3) is 0 Å². The van der Waals surface area contributed by atoms with E-state index in [1.165, 1.54) is 21.6 Å². The topological polar surface area (TPSA) is 92.8 Å². The van der Waals surface area contributed by atoms with Crippen LogP contribution in [0.25, 0.3) is 5.65 Å². The molecule has 0 unspecified atom stereocenters. The maximum Gasteiger partial charge on any atom is 0.372 e. The Kier molecular flexibility index (Phi) is 4.97. The van der Waals surface area contributed by atoms with Crippen LogP contribution in [0.2, 0.25) is 0 Å². The van der Waals surface area contributed by atoms with Gasteiger partial charge >= 0.3 is 5.82 Å². The number of fused-ring (bicyclic) bond motifs is 1. The van der Waals surface area contributed by atoms with Gasteiger partial charge in [0.2, 0.25) is 17.4 Å². The zero-order valence-corrected chi connectivity index (χ0v) is 14.2. The first kappa shape index (κ1) is 18.2. The standard InChI is InChI=1S/C17H15F2N5O3/c1-2-22(10-14(25)21-15-11(18)6-5-7-12(15)19)16-17(24(26)27)23-9-4-3-8-13(23)20-16/h3-9H,2,10H2,1H3,(H,21,25). The molecule has 0 bridgehead atoms. The molecule has 0 radical (unpaired) electrons. The van der Waals surface area contributed by atoms with Gasteiger partial charge in [0.15, 0.2) is 0 Å². The third-order valence-corrected chi connectivity index (χ3v) is 3.90. The van der Waals surface area contributed by atoms with Gasteiger partial charge in [0, 0.05) is 12.6 Å². The Hall–Kier alpha value is -3.56. The summed E-state index contributed by atoms with van der Waals surface area (Å²) >= 11 is 0. The van der Waals surface area contributed by atoms with E-state index < -0.39 is 28.2 Å². The Morgan fingerprint density at radius 3 is 2.59 bits per heavy atom. The van der Waals surface area contributed by atoms with E-state index in [-0.39, 0.29) is 24.7 Å². The molecule has 2 aromatic heterocycles. The Morgan fingerprint density at radius 2 is 1.96 bits per heavy atom. The van der Waals surface area contributed by atoms with Gasteiger partial charge in [0.1, 0.15) is 17.3 Å². The van der Waals surface area contributed by atoms with Gasteiger partial charge in [-0.15, -0.1) is 0 Å². The zero-order valence-electron chi connectivity index (χ0n) is 14.2. The number of halogens is 2. The number of imidazole rings is 1. The molecule has 2 heterocycles. The van der Waals surface area contributed by atoms with Crippen molar-refractivity contribution in [2.24, 2.45) is 0 Å². The fraction of sp³-hybridized carbons (Fsp3) is 0.176. The highest BCUT2D eigenvalue weighted by Crippen LogP contribution is 2.28. The van der Waals surface area contributed by atoms with Gasteiger partial charge in [-0.2, -0.15) is 9.38 Å². The highest BCUT2D eigenvalue weighted by atomic mass is 19.1. The van der Waals surface area contributed by atoms with Crippen LogP contribution in [0.4, 0.5) is 26.1 Å². The summed E-state index contributed by atoms with van der Waals surface area (Å²) in [6, 6.07) is 8.11. The van der Waals surface area contributed by atoms with E-state index in [4.69, 9.17) is 0 Å². The number of nitrogens with one attached hydrogen (secondary N) is 1.